The summed E-state index contributed by atoms with van der Waals surface area (Å²) in [5.74, 6) is -0.651. The normalized spacial score (nSPS) is 25.9. The fourth-order valence-corrected chi connectivity index (χ4v) is 1.58. The molecule has 4 heteroatoms. The molecule has 1 aliphatic rings. The number of aromatic nitrogens is 2. The van der Waals surface area contributed by atoms with Gasteiger partial charge in [0.25, 0.3) is 0 Å². The van der Waals surface area contributed by atoms with Crippen LogP contribution in [0.3, 0.4) is 0 Å². The number of carboxylic acid groups (broad SMARTS) is 1. The predicted octanol–water partition coefficient (Wildman–Crippen LogP) is 1.09. The molecule has 0 radical (unpaired) electrons. The molecular weight excluding hydrogens is 168 g/mol. The van der Waals surface area contributed by atoms with E-state index in [1.807, 2.05) is 17.8 Å². The lowest BCUT2D eigenvalue weighted by molar-refractivity contribution is -0.138. The monoisotopic (exact) mass is 180 g/mol. The molecule has 0 spiro atoms. The average molecular weight is 180 g/mol. The Labute approximate surface area is 76.2 Å². The highest BCUT2D eigenvalue weighted by molar-refractivity contribution is 5.75. The Balaban J connectivity index is 2.07. The van der Waals surface area contributed by atoms with E-state index in [1.54, 1.807) is 6.20 Å². The quantitative estimate of drug-likeness (QED) is 0.757. The number of carboxylic acids is 1. The lowest BCUT2D eigenvalue weighted by atomic mass is 10.2. The van der Waals surface area contributed by atoms with Gasteiger partial charge in [-0.2, -0.15) is 5.10 Å². The van der Waals surface area contributed by atoms with E-state index in [2.05, 4.69) is 5.10 Å². The fraction of sp³-hybridized carbons (Fsp3) is 0.556. The molecule has 1 aromatic rings. The number of aryl methyl sites for hydroxylation is 1. The molecule has 0 aliphatic heterocycles. The van der Waals surface area contributed by atoms with Crippen molar-refractivity contribution >= 4 is 5.97 Å². The lowest BCUT2D eigenvalue weighted by Crippen LogP contribution is -1.98. The highest BCUT2D eigenvalue weighted by atomic mass is 16.4. The summed E-state index contributed by atoms with van der Waals surface area (Å²) in [6.07, 6.45) is 4.48. The largest absolute Gasteiger partial charge is 0.481 e. The van der Waals surface area contributed by atoms with Crippen LogP contribution in [0.1, 0.15) is 24.8 Å². The van der Waals surface area contributed by atoms with Gasteiger partial charge in [0.05, 0.1) is 12.1 Å². The number of aliphatic carboxylic acids is 1. The van der Waals surface area contributed by atoms with Gasteiger partial charge in [-0.3, -0.25) is 9.48 Å². The molecule has 0 amide bonds. The van der Waals surface area contributed by atoms with Crippen LogP contribution >= 0.6 is 0 Å². The van der Waals surface area contributed by atoms with Crippen molar-refractivity contribution in [3.05, 3.63) is 18.0 Å². The molecule has 0 saturated heterocycles. The zero-order valence-corrected chi connectivity index (χ0v) is 7.47. The van der Waals surface area contributed by atoms with Crippen LogP contribution < -0.4 is 0 Å². The number of hydrogen-bond donors (Lipinski definition) is 1. The van der Waals surface area contributed by atoms with Crippen molar-refractivity contribution in [3.63, 3.8) is 0 Å². The molecule has 1 N–H and O–H groups in total. The molecule has 1 aromatic heterocycles. The molecule has 1 saturated carbocycles. The van der Waals surface area contributed by atoms with Crippen LogP contribution in [-0.4, -0.2) is 20.9 Å². The maximum atomic E-state index is 10.6. The summed E-state index contributed by atoms with van der Waals surface area (Å²) in [7, 11) is 0. The summed E-state index contributed by atoms with van der Waals surface area (Å²) >= 11 is 0. The second-order valence-corrected chi connectivity index (χ2v) is 3.42. The first-order valence-electron chi connectivity index (χ1n) is 4.47. The maximum Gasteiger partial charge on any atom is 0.307 e. The third kappa shape index (κ3) is 1.43. The third-order valence-electron chi connectivity index (χ3n) is 2.51. The van der Waals surface area contributed by atoms with Gasteiger partial charge < -0.3 is 5.11 Å². The first-order valence-corrected chi connectivity index (χ1v) is 4.47. The molecule has 70 valence electrons. The standard InChI is InChI=1S/C9H12N2O2/c1-2-11-5-6(4-10-11)7-3-8(7)9(12)13/h4-5,7-8H,2-3H2,1H3,(H,12,13)/t7-,8+/m1/s1. The Morgan fingerprint density at radius 3 is 3.08 bits per heavy atom. The predicted molar refractivity (Wildman–Crippen MR) is 46.4 cm³/mol. The van der Waals surface area contributed by atoms with Crippen LogP contribution in [0.5, 0.6) is 0 Å². The van der Waals surface area contributed by atoms with Crippen molar-refractivity contribution in [1.82, 2.24) is 9.78 Å². The second kappa shape index (κ2) is 2.87. The summed E-state index contributed by atoms with van der Waals surface area (Å²) in [6, 6.07) is 0. The van der Waals surface area contributed by atoms with Crippen LogP contribution in [0.2, 0.25) is 0 Å². The van der Waals surface area contributed by atoms with Gasteiger partial charge in [-0.25, -0.2) is 0 Å². The van der Waals surface area contributed by atoms with Gasteiger partial charge in [0, 0.05) is 18.7 Å². The van der Waals surface area contributed by atoms with Gasteiger partial charge >= 0.3 is 5.97 Å². The van der Waals surface area contributed by atoms with E-state index < -0.39 is 5.97 Å². The molecule has 1 fully saturated rings. The van der Waals surface area contributed by atoms with Gasteiger partial charge in [-0.1, -0.05) is 0 Å². The fourth-order valence-electron chi connectivity index (χ4n) is 1.58. The highest BCUT2D eigenvalue weighted by Crippen LogP contribution is 2.47. The summed E-state index contributed by atoms with van der Waals surface area (Å²) in [6.45, 7) is 2.85. The van der Waals surface area contributed by atoms with E-state index in [1.165, 1.54) is 0 Å². The Morgan fingerprint density at radius 1 is 1.85 bits per heavy atom. The number of rotatable bonds is 3. The first kappa shape index (κ1) is 8.29. The summed E-state index contributed by atoms with van der Waals surface area (Å²) in [4.78, 5) is 10.6. The van der Waals surface area contributed by atoms with E-state index in [0.717, 1.165) is 18.5 Å². The molecule has 2 atom stereocenters. The molecule has 1 heterocycles. The smallest absolute Gasteiger partial charge is 0.307 e. The zero-order chi connectivity index (χ0) is 9.42. The first-order chi connectivity index (χ1) is 6.22. The maximum absolute atomic E-state index is 10.6. The number of nitrogens with zero attached hydrogens (tertiary/aromatic N) is 2. The van der Waals surface area contributed by atoms with Crippen LogP contribution in [0.25, 0.3) is 0 Å². The van der Waals surface area contributed by atoms with E-state index >= 15 is 0 Å². The summed E-state index contributed by atoms with van der Waals surface area (Å²) in [5, 5.41) is 12.8. The van der Waals surface area contributed by atoms with Crippen LogP contribution in [0.4, 0.5) is 0 Å². The van der Waals surface area contributed by atoms with Crippen molar-refractivity contribution < 1.29 is 9.90 Å². The van der Waals surface area contributed by atoms with Crippen molar-refractivity contribution in [3.8, 4) is 0 Å². The number of hydrogen-bond acceptors (Lipinski definition) is 2. The lowest BCUT2D eigenvalue weighted by Gasteiger charge is -1.91. The van der Waals surface area contributed by atoms with E-state index in [-0.39, 0.29) is 11.8 Å². The van der Waals surface area contributed by atoms with Gasteiger partial charge in [0.1, 0.15) is 0 Å². The highest BCUT2D eigenvalue weighted by Gasteiger charge is 2.44. The number of carbonyl (C=O) groups is 1. The minimum absolute atomic E-state index is 0.172. The van der Waals surface area contributed by atoms with E-state index in [9.17, 15) is 4.79 Å². The molecule has 1 aliphatic carbocycles. The van der Waals surface area contributed by atoms with Crippen molar-refractivity contribution in [2.45, 2.75) is 25.8 Å². The van der Waals surface area contributed by atoms with E-state index in [4.69, 9.17) is 5.11 Å². The second-order valence-electron chi connectivity index (χ2n) is 3.42. The molecule has 0 unspecified atom stereocenters. The Morgan fingerprint density at radius 2 is 2.62 bits per heavy atom. The van der Waals surface area contributed by atoms with Crippen LogP contribution in [0.15, 0.2) is 12.4 Å². The molecule has 13 heavy (non-hydrogen) atoms. The van der Waals surface area contributed by atoms with Crippen molar-refractivity contribution in [1.29, 1.82) is 0 Å². The molecule has 0 bridgehead atoms. The van der Waals surface area contributed by atoms with Gasteiger partial charge in [-0.05, 0) is 18.9 Å². The van der Waals surface area contributed by atoms with Gasteiger partial charge in [-0.15, -0.1) is 0 Å². The molecule has 0 aromatic carbocycles. The molecule has 2 rings (SSSR count). The summed E-state index contributed by atoms with van der Waals surface area (Å²) < 4.78 is 1.83. The zero-order valence-electron chi connectivity index (χ0n) is 7.47. The Kier molecular flexibility index (Phi) is 1.83. The van der Waals surface area contributed by atoms with Gasteiger partial charge in [0.2, 0.25) is 0 Å². The van der Waals surface area contributed by atoms with E-state index in [0.29, 0.717) is 0 Å². The summed E-state index contributed by atoms with van der Waals surface area (Å²) in [5.41, 5.74) is 1.06. The topological polar surface area (TPSA) is 55.1 Å². The minimum Gasteiger partial charge on any atom is -0.481 e. The Bertz CT molecular complexity index is 332. The molecular formula is C9H12N2O2. The van der Waals surface area contributed by atoms with Crippen molar-refractivity contribution in [2.24, 2.45) is 5.92 Å². The third-order valence-corrected chi connectivity index (χ3v) is 2.51. The minimum atomic E-state index is -0.686. The van der Waals surface area contributed by atoms with Gasteiger partial charge in [0.15, 0.2) is 0 Å². The van der Waals surface area contributed by atoms with Crippen LogP contribution in [-0.2, 0) is 11.3 Å². The molecule has 4 nitrogen and oxygen atoms in total. The average Bonchev–Trinajstić information content (AvgIpc) is 2.78. The SMILES string of the molecule is CCn1cc([C@H]2C[C@@H]2C(=O)O)cn1. The Hall–Kier alpha value is -1.32. The van der Waals surface area contributed by atoms with Crippen molar-refractivity contribution in [2.75, 3.05) is 0 Å². The van der Waals surface area contributed by atoms with Crippen LogP contribution in [0, 0.1) is 5.92 Å².